The fourth-order valence-corrected chi connectivity index (χ4v) is 2.19. The van der Waals surface area contributed by atoms with E-state index in [1.54, 1.807) is 27.7 Å². The molecule has 1 aliphatic rings. The Kier molecular flexibility index (Phi) is 3.76. The maximum absolute atomic E-state index is 13.2. The van der Waals surface area contributed by atoms with Crippen LogP contribution in [0.3, 0.4) is 0 Å². The monoisotopic (exact) mass is 321 g/mol. The molecule has 0 amide bonds. The van der Waals surface area contributed by atoms with E-state index in [1.165, 1.54) is 0 Å². The minimum absolute atomic E-state index is 0.0349. The van der Waals surface area contributed by atoms with Crippen LogP contribution in [0, 0.1) is 0 Å². The summed E-state index contributed by atoms with van der Waals surface area (Å²) in [4.78, 5) is 0. The number of halogens is 4. The van der Waals surface area contributed by atoms with Gasteiger partial charge in [-0.1, -0.05) is 11.6 Å². The van der Waals surface area contributed by atoms with Gasteiger partial charge in [0.2, 0.25) is 0 Å². The van der Waals surface area contributed by atoms with Crippen LogP contribution in [-0.2, 0) is 15.5 Å². The van der Waals surface area contributed by atoms with E-state index in [9.17, 15) is 13.2 Å². The second-order valence-electron chi connectivity index (χ2n) is 6.05. The smallest absolute Gasteiger partial charge is 0.399 e. The number of rotatable bonds is 1. The van der Waals surface area contributed by atoms with Crippen LogP contribution in [0.1, 0.15) is 33.3 Å². The molecule has 0 spiro atoms. The molecule has 0 aliphatic carbocycles. The Morgan fingerprint density at radius 1 is 1.10 bits per heavy atom. The van der Waals surface area contributed by atoms with Gasteiger partial charge in [0.25, 0.3) is 0 Å². The van der Waals surface area contributed by atoms with Gasteiger partial charge in [0, 0.05) is 0 Å². The third-order valence-electron chi connectivity index (χ3n) is 3.98. The van der Waals surface area contributed by atoms with Crippen LogP contribution in [-0.4, -0.2) is 18.3 Å². The number of nitrogen functional groups attached to an aromatic ring is 1. The normalized spacial score (nSPS) is 20.9. The molecule has 0 saturated carbocycles. The van der Waals surface area contributed by atoms with Crippen molar-refractivity contribution in [3.8, 4) is 0 Å². The fraction of sp³-hybridized carbons (Fsp3) is 0.538. The predicted octanol–water partition coefficient (Wildman–Crippen LogP) is 3.24. The van der Waals surface area contributed by atoms with Crippen LogP contribution in [0.4, 0.5) is 18.9 Å². The van der Waals surface area contributed by atoms with Crippen molar-refractivity contribution in [3.63, 3.8) is 0 Å². The summed E-state index contributed by atoms with van der Waals surface area (Å²) >= 11 is 5.85. The zero-order valence-corrected chi connectivity index (χ0v) is 12.9. The van der Waals surface area contributed by atoms with Crippen molar-refractivity contribution in [1.82, 2.24) is 0 Å². The average Bonchev–Trinajstić information content (AvgIpc) is 2.50. The van der Waals surface area contributed by atoms with Gasteiger partial charge in [-0.2, -0.15) is 13.2 Å². The standard InChI is InChI=1S/C13H16BClF3NO2/c1-11(2)12(3,4)21-14(20-11)8-6-9(15)10(19)5-7(8)13(16,17)18/h5-6H,19H2,1-4H3. The average molecular weight is 322 g/mol. The lowest BCUT2D eigenvalue weighted by atomic mass is 9.75. The van der Waals surface area contributed by atoms with Crippen LogP contribution < -0.4 is 11.2 Å². The minimum Gasteiger partial charge on any atom is -0.399 e. The lowest BCUT2D eigenvalue weighted by molar-refractivity contribution is -0.136. The van der Waals surface area contributed by atoms with E-state index >= 15 is 0 Å². The van der Waals surface area contributed by atoms with Crippen molar-refractivity contribution in [3.05, 3.63) is 22.7 Å². The van der Waals surface area contributed by atoms with Crippen LogP contribution in [0.2, 0.25) is 5.02 Å². The Hall–Kier alpha value is -0.915. The molecular formula is C13H16BClF3NO2. The highest BCUT2D eigenvalue weighted by molar-refractivity contribution is 6.63. The molecule has 2 N–H and O–H groups in total. The Morgan fingerprint density at radius 2 is 1.57 bits per heavy atom. The summed E-state index contributed by atoms with van der Waals surface area (Å²) in [5.74, 6) is 0. The van der Waals surface area contributed by atoms with Crippen LogP contribution >= 0.6 is 11.6 Å². The molecule has 3 nitrogen and oxygen atoms in total. The summed E-state index contributed by atoms with van der Waals surface area (Å²) in [6.45, 7) is 7.05. The highest BCUT2D eigenvalue weighted by Gasteiger charge is 2.53. The van der Waals surface area contributed by atoms with E-state index in [0.717, 1.165) is 12.1 Å². The Morgan fingerprint density at radius 3 is 2.00 bits per heavy atom. The van der Waals surface area contributed by atoms with E-state index in [0.29, 0.717) is 0 Å². The summed E-state index contributed by atoms with van der Waals surface area (Å²) in [5, 5.41) is 0.0349. The van der Waals surface area contributed by atoms with Gasteiger partial charge in [-0.15, -0.1) is 0 Å². The topological polar surface area (TPSA) is 44.5 Å². The van der Waals surface area contributed by atoms with Crippen molar-refractivity contribution >= 4 is 29.9 Å². The number of nitrogens with two attached hydrogens (primary N) is 1. The van der Waals surface area contributed by atoms with Crippen LogP contribution in [0.5, 0.6) is 0 Å². The number of alkyl halides is 3. The van der Waals surface area contributed by atoms with Crippen molar-refractivity contribution in [2.24, 2.45) is 0 Å². The van der Waals surface area contributed by atoms with E-state index in [-0.39, 0.29) is 16.2 Å². The summed E-state index contributed by atoms with van der Waals surface area (Å²) < 4.78 is 50.9. The van der Waals surface area contributed by atoms with Crippen molar-refractivity contribution in [2.75, 3.05) is 5.73 Å². The molecule has 21 heavy (non-hydrogen) atoms. The highest BCUT2D eigenvalue weighted by atomic mass is 35.5. The summed E-state index contributed by atoms with van der Waals surface area (Å²) in [7, 11) is -1.15. The molecular weight excluding hydrogens is 305 g/mol. The van der Waals surface area contributed by atoms with Gasteiger partial charge in [0.15, 0.2) is 0 Å². The van der Waals surface area contributed by atoms with Crippen LogP contribution in [0.15, 0.2) is 12.1 Å². The lowest BCUT2D eigenvalue weighted by Gasteiger charge is -2.32. The van der Waals surface area contributed by atoms with Gasteiger partial charge < -0.3 is 15.0 Å². The molecule has 0 atom stereocenters. The lowest BCUT2D eigenvalue weighted by Crippen LogP contribution is -2.41. The second kappa shape index (κ2) is 4.79. The third-order valence-corrected chi connectivity index (χ3v) is 4.31. The zero-order chi connectivity index (χ0) is 16.2. The number of benzene rings is 1. The first-order chi connectivity index (χ1) is 9.35. The summed E-state index contributed by atoms with van der Waals surface area (Å²) in [6.07, 6.45) is -4.57. The second-order valence-corrected chi connectivity index (χ2v) is 6.45. The van der Waals surface area contributed by atoms with Gasteiger partial charge >= 0.3 is 13.3 Å². The van der Waals surface area contributed by atoms with E-state index < -0.39 is 30.1 Å². The highest BCUT2D eigenvalue weighted by Crippen LogP contribution is 2.39. The molecule has 116 valence electrons. The molecule has 0 bridgehead atoms. The molecule has 1 aliphatic heterocycles. The fourth-order valence-electron chi connectivity index (χ4n) is 2.02. The first-order valence-corrected chi connectivity index (χ1v) is 6.75. The van der Waals surface area contributed by atoms with Gasteiger partial charge in [0.1, 0.15) is 0 Å². The largest absolute Gasteiger partial charge is 0.495 e. The molecule has 1 fully saturated rings. The molecule has 8 heteroatoms. The first kappa shape index (κ1) is 16.5. The Balaban J connectivity index is 2.53. The van der Waals surface area contributed by atoms with Crippen molar-refractivity contribution in [2.45, 2.75) is 45.1 Å². The minimum atomic E-state index is -4.57. The third kappa shape index (κ3) is 2.87. The molecule has 1 aromatic rings. The zero-order valence-electron chi connectivity index (χ0n) is 12.1. The molecule has 1 heterocycles. The quantitative estimate of drug-likeness (QED) is 0.638. The number of anilines is 1. The van der Waals surface area contributed by atoms with E-state index in [4.69, 9.17) is 26.6 Å². The molecule has 0 aromatic heterocycles. The Labute approximate surface area is 126 Å². The van der Waals surface area contributed by atoms with E-state index in [2.05, 4.69) is 0 Å². The summed E-state index contributed by atoms with van der Waals surface area (Å²) in [5.41, 5.74) is 2.79. The van der Waals surface area contributed by atoms with Crippen LogP contribution in [0.25, 0.3) is 0 Å². The molecule has 0 radical (unpaired) electrons. The number of hydrogen-bond acceptors (Lipinski definition) is 3. The molecule has 0 unspecified atom stereocenters. The van der Waals surface area contributed by atoms with Crippen molar-refractivity contribution in [1.29, 1.82) is 0 Å². The van der Waals surface area contributed by atoms with Crippen molar-refractivity contribution < 1.29 is 22.5 Å². The van der Waals surface area contributed by atoms with Gasteiger partial charge in [-0.25, -0.2) is 0 Å². The molecule has 2 rings (SSSR count). The van der Waals surface area contributed by atoms with Gasteiger partial charge in [-0.3, -0.25) is 0 Å². The SMILES string of the molecule is CC1(C)OB(c2cc(Cl)c(N)cc2C(F)(F)F)OC1(C)C. The van der Waals surface area contributed by atoms with Gasteiger partial charge in [-0.05, 0) is 45.3 Å². The Bertz CT molecular complexity index is 559. The molecule has 1 saturated heterocycles. The maximum Gasteiger partial charge on any atom is 0.495 e. The van der Waals surface area contributed by atoms with E-state index in [1.807, 2.05) is 0 Å². The maximum atomic E-state index is 13.2. The number of hydrogen-bond donors (Lipinski definition) is 1. The predicted molar refractivity (Wildman–Crippen MR) is 76.6 cm³/mol. The van der Waals surface area contributed by atoms with Gasteiger partial charge in [0.05, 0.1) is 27.5 Å². The molecule has 1 aromatic carbocycles. The first-order valence-electron chi connectivity index (χ1n) is 6.37. The summed E-state index contributed by atoms with van der Waals surface area (Å²) in [6, 6.07) is 1.96.